The molecule has 1 aromatic carbocycles. The van der Waals surface area contributed by atoms with Gasteiger partial charge in [-0.15, -0.1) is 0 Å². The average molecular weight is 288 g/mol. The second kappa shape index (κ2) is 6.80. The smallest absolute Gasteiger partial charge is 0.123 e. The van der Waals surface area contributed by atoms with Crippen LogP contribution < -0.4 is 10.1 Å². The van der Waals surface area contributed by atoms with Crippen LogP contribution >= 0.6 is 0 Å². The molecular weight excluding hydrogens is 260 g/mol. The second-order valence-corrected chi connectivity index (χ2v) is 6.65. The van der Waals surface area contributed by atoms with Crippen LogP contribution in [0.3, 0.4) is 0 Å². The van der Waals surface area contributed by atoms with Crippen molar-refractivity contribution in [1.29, 1.82) is 0 Å². The van der Waals surface area contributed by atoms with Gasteiger partial charge < -0.3 is 10.1 Å². The minimum absolute atomic E-state index is 0.753. The van der Waals surface area contributed by atoms with Crippen molar-refractivity contribution >= 4 is 0 Å². The van der Waals surface area contributed by atoms with Crippen molar-refractivity contribution in [3.05, 3.63) is 29.3 Å². The minimum atomic E-state index is 0.753. The summed E-state index contributed by atoms with van der Waals surface area (Å²) in [7, 11) is 4.03. The number of benzene rings is 1. The summed E-state index contributed by atoms with van der Waals surface area (Å²) < 4.78 is 5.55. The fourth-order valence-corrected chi connectivity index (χ4v) is 3.36. The molecular formula is C18H28N2O. The van der Waals surface area contributed by atoms with Crippen LogP contribution in [0.5, 0.6) is 5.75 Å². The Morgan fingerprint density at radius 1 is 1.19 bits per heavy atom. The van der Waals surface area contributed by atoms with Crippen LogP contribution in [-0.4, -0.2) is 31.1 Å². The van der Waals surface area contributed by atoms with Crippen LogP contribution in [0.2, 0.25) is 0 Å². The van der Waals surface area contributed by atoms with E-state index in [4.69, 9.17) is 4.74 Å². The van der Waals surface area contributed by atoms with E-state index in [-0.39, 0.29) is 0 Å². The third-order valence-electron chi connectivity index (χ3n) is 4.88. The molecule has 0 unspecified atom stereocenters. The largest absolute Gasteiger partial charge is 0.496 e. The highest BCUT2D eigenvalue weighted by Crippen LogP contribution is 2.27. The molecule has 2 aliphatic rings. The zero-order valence-corrected chi connectivity index (χ0v) is 13.4. The molecule has 0 amide bonds. The number of nitrogens with one attached hydrogen (secondary N) is 1. The molecule has 2 aliphatic carbocycles. The molecule has 21 heavy (non-hydrogen) atoms. The summed E-state index contributed by atoms with van der Waals surface area (Å²) in [5.41, 5.74) is 2.69. The summed E-state index contributed by atoms with van der Waals surface area (Å²) in [5, 5.41) is 3.59. The number of hydrogen-bond donors (Lipinski definition) is 1. The third kappa shape index (κ3) is 3.98. The van der Waals surface area contributed by atoms with Crippen molar-refractivity contribution in [1.82, 2.24) is 10.2 Å². The first kappa shape index (κ1) is 14.9. The summed E-state index contributed by atoms with van der Waals surface area (Å²) in [6, 6.07) is 8.15. The Bertz CT molecular complexity index is 464. The maximum absolute atomic E-state index is 5.55. The van der Waals surface area contributed by atoms with Gasteiger partial charge in [0.25, 0.3) is 0 Å². The minimum Gasteiger partial charge on any atom is -0.496 e. The van der Waals surface area contributed by atoms with Gasteiger partial charge >= 0.3 is 0 Å². The molecule has 3 nitrogen and oxygen atoms in total. The molecule has 0 atom stereocenters. The second-order valence-electron chi connectivity index (χ2n) is 6.65. The molecule has 2 fully saturated rings. The van der Waals surface area contributed by atoms with E-state index >= 15 is 0 Å². The topological polar surface area (TPSA) is 24.5 Å². The third-order valence-corrected chi connectivity index (χ3v) is 4.88. The summed E-state index contributed by atoms with van der Waals surface area (Å²) in [5.74, 6) is 1.02. The molecule has 116 valence electrons. The van der Waals surface area contributed by atoms with Crippen molar-refractivity contribution < 1.29 is 4.74 Å². The molecule has 0 bridgehead atoms. The summed E-state index contributed by atoms with van der Waals surface area (Å²) in [6.45, 7) is 1.97. The van der Waals surface area contributed by atoms with Gasteiger partial charge in [0.1, 0.15) is 5.75 Å². The lowest BCUT2D eigenvalue weighted by Gasteiger charge is -2.25. The lowest BCUT2D eigenvalue weighted by Crippen LogP contribution is -2.28. The highest BCUT2D eigenvalue weighted by Gasteiger charge is 2.22. The van der Waals surface area contributed by atoms with Crippen LogP contribution in [-0.2, 0) is 13.1 Å². The highest BCUT2D eigenvalue weighted by atomic mass is 16.5. The van der Waals surface area contributed by atoms with Gasteiger partial charge in [-0.3, -0.25) is 4.90 Å². The van der Waals surface area contributed by atoms with Gasteiger partial charge in [0.05, 0.1) is 7.11 Å². The normalized spacial score (nSPS) is 19.4. The van der Waals surface area contributed by atoms with Gasteiger partial charge in [0.15, 0.2) is 0 Å². The number of methoxy groups -OCH3 is 1. The van der Waals surface area contributed by atoms with Crippen LogP contribution in [0.25, 0.3) is 0 Å². The van der Waals surface area contributed by atoms with E-state index in [0.29, 0.717) is 0 Å². The van der Waals surface area contributed by atoms with Crippen molar-refractivity contribution in [2.75, 3.05) is 14.2 Å². The maximum atomic E-state index is 5.55. The number of nitrogens with zero attached hydrogens (tertiary/aromatic N) is 1. The summed E-state index contributed by atoms with van der Waals surface area (Å²) in [4.78, 5) is 2.50. The molecule has 0 radical (unpaired) electrons. The van der Waals surface area contributed by atoms with E-state index in [1.54, 1.807) is 7.11 Å². The zero-order valence-electron chi connectivity index (χ0n) is 13.4. The van der Waals surface area contributed by atoms with Gasteiger partial charge in [-0.25, -0.2) is 0 Å². The van der Waals surface area contributed by atoms with Crippen LogP contribution in [0, 0.1) is 0 Å². The van der Waals surface area contributed by atoms with Gasteiger partial charge in [-0.05, 0) is 50.4 Å². The number of hydrogen-bond acceptors (Lipinski definition) is 3. The van der Waals surface area contributed by atoms with Crippen LogP contribution in [0.4, 0.5) is 0 Å². The summed E-state index contributed by atoms with van der Waals surface area (Å²) in [6.07, 6.45) is 8.15. The molecule has 0 saturated heterocycles. The maximum Gasteiger partial charge on any atom is 0.123 e. The molecule has 3 rings (SSSR count). The van der Waals surface area contributed by atoms with Crippen LogP contribution in [0.15, 0.2) is 18.2 Å². The Balaban J connectivity index is 1.66. The Morgan fingerprint density at radius 2 is 1.95 bits per heavy atom. The SMILES string of the molecule is COc1ccc(CNC2CC2)cc1CN(C)C1CCCC1. The van der Waals surface area contributed by atoms with Crippen molar-refractivity contribution in [2.45, 2.75) is 63.7 Å². The first-order valence-corrected chi connectivity index (χ1v) is 8.35. The monoisotopic (exact) mass is 288 g/mol. The van der Waals surface area contributed by atoms with Crippen molar-refractivity contribution in [3.63, 3.8) is 0 Å². The lowest BCUT2D eigenvalue weighted by atomic mass is 10.1. The van der Waals surface area contributed by atoms with Crippen LogP contribution in [0.1, 0.15) is 49.7 Å². The molecule has 1 N–H and O–H groups in total. The molecule has 0 aromatic heterocycles. The van der Waals surface area contributed by atoms with Crippen molar-refractivity contribution in [2.24, 2.45) is 0 Å². The molecule has 0 heterocycles. The zero-order chi connectivity index (χ0) is 14.7. The Labute approximate surface area is 128 Å². The Morgan fingerprint density at radius 3 is 2.62 bits per heavy atom. The fraction of sp³-hybridized carbons (Fsp3) is 0.667. The van der Waals surface area contributed by atoms with E-state index in [1.807, 2.05) is 0 Å². The van der Waals surface area contributed by atoms with Gasteiger partial charge in [-0.1, -0.05) is 18.9 Å². The first-order valence-electron chi connectivity index (χ1n) is 8.35. The predicted molar refractivity (Wildman–Crippen MR) is 86.6 cm³/mol. The average Bonchev–Trinajstić information content (AvgIpc) is 3.16. The molecule has 1 aromatic rings. The highest BCUT2D eigenvalue weighted by molar-refractivity contribution is 5.37. The Hall–Kier alpha value is -1.06. The molecule has 0 spiro atoms. The fourth-order valence-electron chi connectivity index (χ4n) is 3.36. The molecule has 3 heteroatoms. The van der Waals surface area contributed by atoms with E-state index in [0.717, 1.165) is 30.9 Å². The number of ether oxygens (including phenoxy) is 1. The van der Waals surface area contributed by atoms with E-state index in [2.05, 4.69) is 35.5 Å². The molecule has 0 aliphatic heterocycles. The van der Waals surface area contributed by atoms with Gasteiger partial charge in [0, 0.05) is 30.7 Å². The Kier molecular flexibility index (Phi) is 4.81. The van der Waals surface area contributed by atoms with E-state index in [9.17, 15) is 0 Å². The standard InChI is InChI=1S/C18H28N2O/c1-20(17-5-3-4-6-17)13-15-11-14(7-10-18(15)21-2)12-19-16-8-9-16/h7,10-11,16-17,19H,3-6,8-9,12-13H2,1-2H3. The first-order chi connectivity index (χ1) is 10.3. The quantitative estimate of drug-likeness (QED) is 0.833. The summed E-state index contributed by atoms with van der Waals surface area (Å²) >= 11 is 0. The van der Waals surface area contributed by atoms with Crippen molar-refractivity contribution in [3.8, 4) is 5.75 Å². The van der Waals surface area contributed by atoms with Gasteiger partial charge in [0.2, 0.25) is 0 Å². The number of rotatable bonds is 7. The van der Waals surface area contributed by atoms with E-state index in [1.165, 1.54) is 49.7 Å². The van der Waals surface area contributed by atoms with Gasteiger partial charge in [-0.2, -0.15) is 0 Å². The predicted octanol–water partition coefficient (Wildman–Crippen LogP) is 3.32. The van der Waals surface area contributed by atoms with E-state index < -0.39 is 0 Å². The lowest BCUT2D eigenvalue weighted by molar-refractivity contribution is 0.234. The molecule has 2 saturated carbocycles.